The molecule has 0 unspecified atom stereocenters. The van der Waals surface area contributed by atoms with Crippen molar-refractivity contribution in [2.45, 2.75) is 18.4 Å². The zero-order valence-corrected chi connectivity index (χ0v) is 19.0. The van der Waals surface area contributed by atoms with E-state index in [9.17, 15) is 13.2 Å². The van der Waals surface area contributed by atoms with E-state index in [1.807, 2.05) is 31.2 Å². The van der Waals surface area contributed by atoms with Gasteiger partial charge in [-0.05, 0) is 43.3 Å². The summed E-state index contributed by atoms with van der Waals surface area (Å²) in [6.45, 7) is 2.21. The standard InChI is InChI=1S/C23H23ClN2O4S/c1-16-8-11-19(12-9-16)25-31(28,29)22-14-17(10-13-20(22)24)23(27)26(2)15-18-6-4-5-7-21(18)30-3/h4-14,25H,15H2,1-3H3. The monoisotopic (exact) mass is 458 g/mol. The van der Waals surface area contributed by atoms with Gasteiger partial charge in [0.1, 0.15) is 10.6 Å². The number of nitrogens with one attached hydrogen (secondary N) is 1. The van der Waals surface area contributed by atoms with E-state index >= 15 is 0 Å². The number of nitrogens with zero attached hydrogens (tertiary/aromatic N) is 1. The van der Waals surface area contributed by atoms with Crippen molar-refractivity contribution >= 4 is 33.2 Å². The van der Waals surface area contributed by atoms with Gasteiger partial charge in [-0.25, -0.2) is 8.42 Å². The minimum atomic E-state index is -3.98. The van der Waals surface area contributed by atoms with Crippen molar-refractivity contribution in [3.05, 3.63) is 88.4 Å². The summed E-state index contributed by atoms with van der Waals surface area (Å²) in [6.07, 6.45) is 0. The molecule has 31 heavy (non-hydrogen) atoms. The van der Waals surface area contributed by atoms with Crippen molar-refractivity contribution in [1.29, 1.82) is 0 Å². The molecule has 0 heterocycles. The molecule has 0 aliphatic rings. The van der Waals surface area contributed by atoms with Crippen LogP contribution in [0.25, 0.3) is 0 Å². The maximum absolute atomic E-state index is 13.0. The number of para-hydroxylation sites is 1. The van der Waals surface area contributed by atoms with E-state index in [4.69, 9.17) is 16.3 Å². The van der Waals surface area contributed by atoms with Crippen LogP contribution in [0.15, 0.2) is 71.6 Å². The molecule has 0 saturated carbocycles. The third-order valence-corrected chi connectivity index (χ3v) is 6.58. The average molecular weight is 459 g/mol. The molecule has 0 aliphatic carbocycles. The molecule has 0 aromatic heterocycles. The van der Waals surface area contributed by atoms with Gasteiger partial charge in [-0.1, -0.05) is 47.5 Å². The van der Waals surface area contributed by atoms with E-state index < -0.39 is 10.0 Å². The number of rotatable bonds is 7. The Hall–Kier alpha value is -3.03. The molecular weight excluding hydrogens is 436 g/mol. The third kappa shape index (κ3) is 5.37. The predicted octanol–water partition coefficient (Wildman–Crippen LogP) is 4.73. The number of halogens is 1. The molecule has 0 saturated heterocycles. The van der Waals surface area contributed by atoms with Crippen LogP contribution in [0.3, 0.4) is 0 Å². The smallest absolute Gasteiger partial charge is 0.263 e. The van der Waals surface area contributed by atoms with Crippen molar-refractivity contribution in [3.63, 3.8) is 0 Å². The number of methoxy groups -OCH3 is 1. The molecule has 0 aliphatic heterocycles. The van der Waals surface area contributed by atoms with Crippen LogP contribution < -0.4 is 9.46 Å². The van der Waals surface area contributed by atoms with Gasteiger partial charge in [0.2, 0.25) is 0 Å². The highest BCUT2D eigenvalue weighted by atomic mass is 35.5. The Morgan fingerprint density at radius 1 is 1.06 bits per heavy atom. The number of sulfonamides is 1. The van der Waals surface area contributed by atoms with Crippen LogP contribution in [0.5, 0.6) is 5.75 Å². The highest BCUT2D eigenvalue weighted by molar-refractivity contribution is 7.92. The number of carbonyl (C=O) groups excluding carboxylic acids is 1. The third-order valence-electron chi connectivity index (χ3n) is 4.72. The highest BCUT2D eigenvalue weighted by Crippen LogP contribution is 2.26. The van der Waals surface area contributed by atoms with Crippen molar-refractivity contribution in [2.75, 3.05) is 18.9 Å². The fraction of sp³-hybridized carbons (Fsp3) is 0.174. The van der Waals surface area contributed by atoms with Crippen LogP contribution in [-0.4, -0.2) is 33.4 Å². The van der Waals surface area contributed by atoms with Gasteiger partial charge in [0, 0.05) is 30.4 Å². The van der Waals surface area contributed by atoms with Gasteiger partial charge in [0.25, 0.3) is 15.9 Å². The Morgan fingerprint density at radius 2 is 1.74 bits per heavy atom. The number of ether oxygens (including phenoxy) is 1. The van der Waals surface area contributed by atoms with Gasteiger partial charge in [0.15, 0.2) is 0 Å². The number of carbonyl (C=O) groups is 1. The topological polar surface area (TPSA) is 75.7 Å². The largest absolute Gasteiger partial charge is 0.496 e. The second-order valence-electron chi connectivity index (χ2n) is 7.09. The predicted molar refractivity (Wildman–Crippen MR) is 122 cm³/mol. The maximum atomic E-state index is 13.0. The molecule has 6 nitrogen and oxygen atoms in total. The van der Waals surface area contributed by atoms with E-state index in [-0.39, 0.29) is 21.4 Å². The number of hydrogen-bond acceptors (Lipinski definition) is 4. The lowest BCUT2D eigenvalue weighted by atomic mass is 10.1. The second kappa shape index (κ2) is 9.41. The van der Waals surface area contributed by atoms with Crippen LogP contribution >= 0.6 is 11.6 Å². The number of amides is 1. The summed E-state index contributed by atoms with van der Waals surface area (Å²) in [6, 6.07) is 18.5. The number of anilines is 1. The van der Waals surface area contributed by atoms with Gasteiger partial charge < -0.3 is 9.64 Å². The number of benzene rings is 3. The lowest BCUT2D eigenvalue weighted by molar-refractivity contribution is 0.0784. The summed E-state index contributed by atoms with van der Waals surface area (Å²) < 4.78 is 33.6. The fourth-order valence-electron chi connectivity index (χ4n) is 3.06. The van der Waals surface area contributed by atoms with E-state index in [1.165, 1.54) is 23.1 Å². The van der Waals surface area contributed by atoms with Crippen molar-refractivity contribution < 1.29 is 17.9 Å². The molecule has 0 fully saturated rings. The van der Waals surface area contributed by atoms with E-state index in [1.54, 1.807) is 38.4 Å². The minimum Gasteiger partial charge on any atom is -0.496 e. The molecule has 162 valence electrons. The van der Waals surface area contributed by atoms with E-state index in [2.05, 4.69) is 4.72 Å². The van der Waals surface area contributed by atoms with Crippen LogP contribution in [0.2, 0.25) is 5.02 Å². The molecule has 1 N–H and O–H groups in total. The lowest BCUT2D eigenvalue weighted by Gasteiger charge is -2.19. The van der Waals surface area contributed by atoms with E-state index in [0.717, 1.165) is 11.1 Å². The molecule has 0 bridgehead atoms. The van der Waals surface area contributed by atoms with Gasteiger partial charge in [-0.3, -0.25) is 9.52 Å². The molecule has 3 aromatic carbocycles. The van der Waals surface area contributed by atoms with Crippen molar-refractivity contribution in [1.82, 2.24) is 4.90 Å². The molecule has 3 aromatic rings. The Balaban J connectivity index is 1.85. The lowest BCUT2D eigenvalue weighted by Crippen LogP contribution is -2.26. The van der Waals surface area contributed by atoms with E-state index in [0.29, 0.717) is 18.0 Å². The summed E-state index contributed by atoms with van der Waals surface area (Å²) in [5, 5.41) is 0.0311. The van der Waals surface area contributed by atoms with Crippen LogP contribution in [0.1, 0.15) is 21.5 Å². The maximum Gasteiger partial charge on any atom is 0.263 e. The Labute approximate surface area is 187 Å². The first-order chi connectivity index (χ1) is 14.7. The Bertz CT molecular complexity index is 1190. The van der Waals surface area contributed by atoms with Crippen molar-refractivity contribution in [3.8, 4) is 5.75 Å². The zero-order chi connectivity index (χ0) is 22.6. The van der Waals surface area contributed by atoms with Gasteiger partial charge in [0.05, 0.1) is 12.1 Å². The van der Waals surface area contributed by atoms with Crippen LogP contribution in [0, 0.1) is 6.92 Å². The van der Waals surface area contributed by atoms with Gasteiger partial charge in [-0.15, -0.1) is 0 Å². The summed E-state index contributed by atoms with van der Waals surface area (Å²) >= 11 is 6.17. The number of hydrogen-bond donors (Lipinski definition) is 1. The first-order valence-electron chi connectivity index (χ1n) is 9.47. The number of aryl methyl sites for hydroxylation is 1. The fourth-order valence-corrected chi connectivity index (χ4v) is 4.64. The molecule has 8 heteroatoms. The molecule has 0 spiro atoms. The second-order valence-corrected chi connectivity index (χ2v) is 9.15. The van der Waals surface area contributed by atoms with Crippen LogP contribution in [-0.2, 0) is 16.6 Å². The minimum absolute atomic E-state index is 0.0311. The first kappa shape index (κ1) is 22.7. The Kier molecular flexibility index (Phi) is 6.87. The highest BCUT2D eigenvalue weighted by Gasteiger charge is 2.22. The average Bonchev–Trinajstić information content (AvgIpc) is 2.75. The Morgan fingerprint density at radius 3 is 2.42 bits per heavy atom. The first-order valence-corrected chi connectivity index (χ1v) is 11.3. The quantitative estimate of drug-likeness (QED) is 0.555. The molecule has 0 radical (unpaired) electrons. The molecular formula is C23H23ClN2O4S. The molecule has 3 rings (SSSR count). The summed E-state index contributed by atoms with van der Waals surface area (Å²) in [4.78, 5) is 14.3. The van der Waals surface area contributed by atoms with Gasteiger partial charge in [-0.2, -0.15) is 0 Å². The molecule has 1 amide bonds. The summed E-state index contributed by atoms with van der Waals surface area (Å²) in [7, 11) is -0.772. The SMILES string of the molecule is COc1ccccc1CN(C)C(=O)c1ccc(Cl)c(S(=O)(=O)Nc2ccc(C)cc2)c1. The van der Waals surface area contributed by atoms with Gasteiger partial charge >= 0.3 is 0 Å². The van der Waals surface area contributed by atoms with Crippen molar-refractivity contribution in [2.24, 2.45) is 0 Å². The summed E-state index contributed by atoms with van der Waals surface area (Å²) in [5.74, 6) is 0.332. The summed E-state index contributed by atoms with van der Waals surface area (Å²) in [5.41, 5.74) is 2.47. The molecule has 0 atom stereocenters. The normalized spacial score (nSPS) is 11.1. The zero-order valence-electron chi connectivity index (χ0n) is 17.4. The van der Waals surface area contributed by atoms with Crippen LogP contribution in [0.4, 0.5) is 5.69 Å².